The molecule has 0 radical (unpaired) electrons. The van der Waals surface area contributed by atoms with Crippen LogP contribution in [0.1, 0.15) is 31.4 Å². The van der Waals surface area contributed by atoms with Gasteiger partial charge in [-0.15, -0.1) is 11.8 Å². The average Bonchev–Trinajstić information content (AvgIpc) is 2.96. The molecule has 5 heteroatoms. The first-order chi connectivity index (χ1) is 10.5. The van der Waals surface area contributed by atoms with Crippen LogP contribution in [0.3, 0.4) is 0 Å². The molecule has 0 aromatic heterocycles. The molecule has 1 N–H and O–H groups in total. The lowest BCUT2D eigenvalue weighted by Gasteiger charge is -2.08. The van der Waals surface area contributed by atoms with Crippen molar-refractivity contribution in [2.24, 2.45) is 5.92 Å². The highest BCUT2D eigenvalue weighted by molar-refractivity contribution is 8.00. The second-order valence-electron chi connectivity index (χ2n) is 5.93. The third-order valence-electron chi connectivity index (χ3n) is 3.50. The van der Waals surface area contributed by atoms with E-state index < -0.39 is 0 Å². The number of carbonyl (C=O) groups excluding carboxylic acids is 2. The summed E-state index contributed by atoms with van der Waals surface area (Å²) in [5, 5.41) is 2.72. The molecule has 0 saturated carbocycles. The highest BCUT2D eigenvalue weighted by Crippen LogP contribution is 2.27. The number of nitrogens with one attached hydrogen (secondary N) is 1. The summed E-state index contributed by atoms with van der Waals surface area (Å²) >= 11 is 1.46. The molecule has 1 aromatic carbocycles. The highest BCUT2D eigenvalue weighted by Gasteiger charge is 2.12. The molecule has 0 spiro atoms. The van der Waals surface area contributed by atoms with Gasteiger partial charge in [0.2, 0.25) is 0 Å². The Kier molecular flexibility index (Phi) is 6.31. The van der Waals surface area contributed by atoms with Gasteiger partial charge in [0, 0.05) is 11.4 Å². The smallest absolute Gasteiger partial charge is 0.316 e. The monoisotopic (exact) mass is 321 g/mol. The van der Waals surface area contributed by atoms with Gasteiger partial charge in [-0.05, 0) is 48.4 Å². The zero-order valence-electron chi connectivity index (χ0n) is 13.2. The number of hydrogen-bond acceptors (Lipinski definition) is 4. The van der Waals surface area contributed by atoms with Gasteiger partial charge in [0.15, 0.2) is 6.61 Å². The Morgan fingerprint density at radius 1 is 1.27 bits per heavy atom. The van der Waals surface area contributed by atoms with E-state index in [1.807, 2.05) is 13.8 Å². The van der Waals surface area contributed by atoms with Gasteiger partial charge in [-0.25, -0.2) is 0 Å². The Bertz CT molecular complexity index is 543. The molecule has 1 amide bonds. The number of aryl methyl sites for hydroxylation is 2. The Labute approximate surface area is 136 Å². The first-order valence-corrected chi connectivity index (χ1v) is 8.70. The van der Waals surface area contributed by atoms with Crippen LogP contribution in [0.4, 0.5) is 0 Å². The van der Waals surface area contributed by atoms with Crippen molar-refractivity contribution in [3.63, 3.8) is 0 Å². The molecule has 1 aromatic rings. The number of fused-ring (bicyclic) bond motifs is 1. The number of esters is 1. The van der Waals surface area contributed by atoms with Crippen molar-refractivity contribution in [1.29, 1.82) is 0 Å². The minimum absolute atomic E-state index is 0.198. The van der Waals surface area contributed by atoms with Crippen LogP contribution >= 0.6 is 11.8 Å². The van der Waals surface area contributed by atoms with E-state index in [4.69, 9.17) is 4.74 Å². The molecular weight excluding hydrogens is 298 g/mol. The maximum Gasteiger partial charge on any atom is 0.316 e. The normalized spacial score (nSPS) is 13.0. The number of amides is 1. The lowest BCUT2D eigenvalue weighted by atomic mass is 10.1. The summed E-state index contributed by atoms with van der Waals surface area (Å²) in [6, 6.07) is 6.36. The Balaban J connectivity index is 1.68. The van der Waals surface area contributed by atoms with Crippen LogP contribution in [0.15, 0.2) is 23.1 Å². The van der Waals surface area contributed by atoms with Crippen LogP contribution in [0.25, 0.3) is 0 Å². The molecule has 120 valence electrons. The van der Waals surface area contributed by atoms with Crippen molar-refractivity contribution in [3.8, 4) is 0 Å². The minimum atomic E-state index is -0.356. The number of benzene rings is 1. The van der Waals surface area contributed by atoms with Crippen LogP contribution in [0.5, 0.6) is 0 Å². The third-order valence-corrected chi connectivity index (χ3v) is 4.47. The summed E-state index contributed by atoms with van der Waals surface area (Å²) in [5.41, 5.74) is 2.82. The first kappa shape index (κ1) is 16.9. The van der Waals surface area contributed by atoms with Gasteiger partial charge in [-0.3, -0.25) is 9.59 Å². The predicted octanol–water partition coefficient (Wildman–Crippen LogP) is 2.58. The molecule has 2 rings (SSSR count). The third kappa shape index (κ3) is 5.37. The second kappa shape index (κ2) is 8.22. The van der Waals surface area contributed by atoms with E-state index in [2.05, 4.69) is 23.5 Å². The van der Waals surface area contributed by atoms with E-state index in [1.165, 1.54) is 29.3 Å². The molecular formula is C17H23NO3S. The Morgan fingerprint density at radius 3 is 2.82 bits per heavy atom. The first-order valence-electron chi connectivity index (χ1n) is 7.71. The molecule has 0 saturated heterocycles. The summed E-state index contributed by atoms with van der Waals surface area (Å²) in [6.45, 7) is 4.43. The number of hydrogen-bond donors (Lipinski definition) is 1. The van der Waals surface area contributed by atoms with Gasteiger partial charge in [0.25, 0.3) is 5.91 Å². The van der Waals surface area contributed by atoms with E-state index in [0.717, 1.165) is 17.7 Å². The Morgan fingerprint density at radius 2 is 2.05 bits per heavy atom. The van der Waals surface area contributed by atoms with Gasteiger partial charge >= 0.3 is 5.97 Å². The number of thioether (sulfide) groups is 1. The van der Waals surface area contributed by atoms with Crippen molar-refractivity contribution in [2.75, 3.05) is 18.9 Å². The minimum Gasteiger partial charge on any atom is -0.455 e. The summed E-state index contributed by atoms with van der Waals surface area (Å²) in [5.74, 6) is 0.0146. The fourth-order valence-electron chi connectivity index (χ4n) is 2.34. The molecule has 22 heavy (non-hydrogen) atoms. The van der Waals surface area contributed by atoms with Crippen molar-refractivity contribution < 1.29 is 14.3 Å². The van der Waals surface area contributed by atoms with E-state index in [9.17, 15) is 9.59 Å². The van der Waals surface area contributed by atoms with Crippen LogP contribution in [-0.2, 0) is 27.2 Å². The second-order valence-corrected chi connectivity index (χ2v) is 6.98. The molecule has 0 unspecified atom stereocenters. The molecule has 0 fully saturated rings. The molecule has 1 aliphatic rings. The lowest BCUT2D eigenvalue weighted by molar-refractivity contribution is -0.145. The zero-order chi connectivity index (χ0) is 15.9. The zero-order valence-corrected chi connectivity index (χ0v) is 14.0. The molecule has 0 atom stereocenters. The average molecular weight is 321 g/mol. The summed E-state index contributed by atoms with van der Waals surface area (Å²) in [6.07, 6.45) is 3.51. The fourth-order valence-corrected chi connectivity index (χ4v) is 3.09. The van der Waals surface area contributed by atoms with E-state index in [0.29, 0.717) is 12.5 Å². The van der Waals surface area contributed by atoms with Crippen molar-refractivity contribution >= 4 is 23.6 Å². The lowest BCUT2D eigenvalue weighted by Crippen LogP contribution is -2.31. The van der Waals surface area contributed by atoms with Crippen molar-refractivity contribution in [1.82, 2.24) is 5.32 Å². The van der Waals surface area contributed by atoms with Gasteiger partial charge in [-0.2, -0.15) is 0 Å². The standard InChI is InChI=1S/C17H23NO3S/c1-12(2)9-18-16(19)10-21-17(20)11-22-15-7-6-13-4-3-5-14(13)8-15/h6-8,12H,3-5,9-11H2,1-2H3,(H,18,19). The van der Waals surface area contributed by atoms with Crippen LogP contribution in [0, 0.1) is 5.92 Å². The largest absolute Gasteiger partial charge is 0.455 e. The van der Waals surface area contributed by atoms with Crippen LogP contribution < -0.4 is 5.32 Å². The fraction of sp³-hybridized carbons (Fsp3) is 0.529. The predicted molar refractivity (Wildman–Crippen MR) is 88.0 cm³/mol. The number of carbonyl (C=O) groups is 2. The van der Waals surface area contributed by atoms with E-state index in [1.54, 1.807) is 0 Å². The van der Waals surface area contributed by atoms with Crippen LogP contribution in [-0.4, -0.2) is 30.8 Å². The van der Waals surface area contributed by atoms with Gasteiger partial charge in [0.1, 0.15) is 0 Å². The van der Waals surface area contributed by atoms with Gasteiger partial charge < -0.3 is 10.1 Å². The highest BCUT2D eigenvalue weighted by atomic mass is 32.2. The molecule has 0 aliphatic heterocycles. The van der Waals surface area contributed by atoms with Gasteiger partial charge in [0.05, 0.1) is 5.75 Å². The SMILES string of the molecule is CC(C)CNC(=O)COC(=O)CSc1ccc2c(c1)CCC2. The maximum absolute atomic E-state index is 11.7. The number of ether oxygens (including phenoxy) is 1. The van der Waals surface area contributed by atoms with E-state index >= 15 is 0 Å². The number of rotatable bonds is 7. The maximum atomic E-state index is 11.7. The quantitative estimate of drug-likeness (QED) is 0.619. The molecule has 4 nitrogen and oxygen atoms in total. The van der Waals surface area contributed by atoms with Gasteiger partial charge in [-0.1, -0.05) is 19.9 Å². The molecule has 1 aliphatic carbocycles. The van der Waals surface area contributed by atoms with Crippen molar-refractivity contribution in [3.05, 3.63) is 29.3 Å². The Hall–Kier alpha value is -1.49. The molecule has 0 bridgehead atoms. The molecule has 0 heterocycles. The summed E-state index contributed by atoms with van der Waals surface area (Å²) < 4.78 is 4.98. The summed E-state index contributed by atoms with van der Waals surface area (Å²) in [7, 11) is 0. The van der Waals surface area contributed by atoms with Crippen molar-refractivity contribution in [2.45, 2.75) is 38.0 Å². The van der Waals surface area contributed by atoms with E-state index in [-0.39, 0.29) is 24.2 Å². The van der Waals surface area contributed by atoms with Crippen LogP contribution in [0.2, 0.25) is 0 Å². The topological polar surface area (TPSA) is 55.4 Å². The summed E-state index contributed by atoms with van der Waals surface area (Å²) in [4.78, 5) is 24.2.